The van der Waals surface area contributed by atoms with Gasteiger partial charge in [0.05, 0.1) is 23.5 Å². The van der Waals surface area contributed by atoms with Crippen LogP contribution in [0.3, 0.4) is 0 Å². The van der Waals surface area contributed by atoms with Crippen LogP contribution in [0.1, 0.15) is 11.1 Å². The van der Waals surface area contributed by atoms with E-state index in [1.807, 2.05) is 12.1 Å². The van der Waals surface area contributed by atoms with Gasteiger partial charge in [0.1, 0.15) is 5.75 Å². The molecule has 2 aromatic carbocycles. The predicted molar refractivity (Wildman–Crippen MR) is 109 cm³/mol. The molecule has 0 radical (unpaired) electrons. The fourth-order valence-electron chi connectivity index (χ4n) is 3.85. The minimum Gasteiger partial charge on any atom is -0.493 e. The smallest absolute Gasteiger partial charge is 0.312 e. The molecule has 1 fully saturated rings. The summed E-state index contributed by atoms with van der Waals surface area (Å²) in [4.78, 5) is 12.7. The summed E-state index contributed by atoms with van der Waals surface area (Å²) in [5.74, 6) is 0.978. The van der Waals surface area contributed by atoms with E-state index in [-0.39, 0.29) is 16.3 Å². The number of hydrogen-bond acceptors (Lipinski definition) is 7. The third kappa shape index (κ3) is 3.98. The van der Waals surface area contributed by atoms with Crippen molar-refractivity contribution in [3.63, 3.8) is 0 Å². The zero-order chi connectivity index (χ0) is 21.3. The highest BCUT2D eigenvalue weighted by atomic mass is 32.2. The van der Waals surface area contributed by atoms with E-state index in [1.54, 1.807) is 0 Å². The molecular weight excluding hydrogens is 410 g/mol. The fraction of sp³-hybridized carbons (Fsp3) is 0.400. The standard InChI is InChI=1S/C20H23N3O6S/c1-28-20-5-3-17(13-18(20)23(24)25)30(26,27)22-9-7-21(8-10-22)14-15-2-4-19-16(12-15)6-11-29-19/h2-5,12-13H,6-11,14H2,1H3. The maximum Gasteiger partial charge on any atom is 0.312 e. The second kappa shape index (κ2) is 8.21. The minimum absolute atomic E-state index is 0.0310. The van der Waals surface area contributed by atoms with Crippen molar-refractivity contribution in [2.75, 3.05) is 39.9 Å². The highest BCUT2D eigenvalue weighted by molar-refractivity contribution is 7.89. The molecule has 0 unspecified atom stereocenters. The number of hydrogen-bond donors (Lipinski definition) is 0. The first-order valence-electron chi connectivity index (χ1n) is 9.68. The van der Waals surface area contributed by atoms with Crippen LogP contribution in [0.5, 0.6) is 11.5 Å². The molecule has 160 valence electrons. The molecule has 2 aromatic rings. The number of rotatable bonds is 6. The number of nitro benzene ring substituents is 1. The molecule has 0 aromatic heterocycles. The van der Waals surface area contributed by atoms with Gasteiger partial charge in [-0.25, -0.2) is 8.42 Å². The van der Waals surface area contributed by atoms with Gasteiger partial charge in [0.15, 0.2) is 5.75 Å². The highest BCUT2D eigenvalue weighted by Gasteiger charge is 2.30. The molecule has 0 N–H and O–H groups in total. The first-order chi connectivity index (χ1) is 14.4. The molecule has 2 aliphatic rings. The monoisotopic (exact) mass is 433 g/mol. The number of methoxy groups -OCH3 is 1. The van der Waals surface area contributed by atoms with Gasteiger partial charge in [-0.05, 0) is 29.3 Å². The van der Waals surface area contributed by atoms with Gasteiger partial charge in [0, 0.05) is 45.2 Å². The summed E-state index contributed by atoms with van der Waals surface area (Å²) in [6.07, 6.45) is 0.920. The van der Waals surface area contributed by atoms with Crippen LogP contribution in [-0.4, -0.2) is 62.4 Å². The summed E-state index contributed by atoms with van der Waals surface area (Å²) in [6, 6.07) is 9.92. The van der Waals surface area contributed by atoms with Gasteiger partial charge in [-0.1, -0.05) is 12.1 Å². The summed E-state index contributed by atoms with van der Waals surface area (Å²) >= 11 is 0. The van der Waals surface area contributed by atoms with E-state index in [4.69, 9.17) is 9.47 Å². The second-order valence-electron chi connectivity index (χ2n) is 7.31. The van der Waals surface area contributed by atoms with Crippen LogP contribution < -0.4 is 9.47 Å². The Kier molecular flexibility index (Phi) is 5.63. The van der Waals surface area contributed by atoms with Crippen LogP contribution in [0.2, 0.25) is 0 Å². The predicted octanol–water partition coefficient (Wildman–Crippen LogP) is 2.04. The Labute approximate surface area is 175 Å². The summed E-state index contributed by atoms with van der Waals surface area (Å²) in [6.45, 7) is 3.30. The Morgan fingerprint density at radius 1 is 1.13 bits per heavy atom. The van der Waals surface area contributed by atoms with Crippen molar-refractivity contribution in [2.24, 2.45) is 0 Å². The quantitative estimate of drug-likeness (QED) is 0.507. The normalized spacial score (nSPS) is 17.4. The number of piperazine rings is 1. The van der Waals surface area contributed by atoms with E-state index in [1.165, 1.54) is 34.7 Å². The highest BCUT2D eigenvalue weighted by Crippen LogP contribution is 2.31. The largest absolute Gasteiger partial charge is 0.493 e. The lowest BCUT2D eigenvalue weighted by Gasteiger charge is -2.34. The number of fused-ring (bicyclic) bond motifs is 1. The first kappa shape index (κ1) is 20.6. The van der Waals surface area contributed by atoms with Crippen molar-refractivity contribution >= 4 is 15.7 Å². The molecule has 0 aliphatic carbocycles. The van der Waals surface area contributed by atoms with Crippen LogP contribution in [-0.2, 0) is 23.0 Å². The van der Waals surface area contributed by atoms with E-state index >= 15 is 0 Å². The molecule has 1 saturated heterocycles. The maximum atomic E-state index is 13.0. The van der Waals surface area contributed by atoms with E-state index in [2.05, 4.69) is 11.0 Å². The summed E-state index contributed by atoms with van der Waals surface area (Å²) in [5.41, 5.74) is 2.04. The van der Waals surface area contributed by atoms with Gasteiger partial charge in [0.2, 0.25) is 10.0 Å². The van der Waals surface area contributed by atoms with Crippen molar-refractivity contribution in [3.05, 3.63) is 57.6 Å². The van der Waals surface area contributed by atoms with E-state index in [0.717, 1.165) is 31.4 Å². The van der Waals surface area contributed by atoms with Gasteiger partial charge >= 0.3 is 5.69 Å². The van der Waals surface area contributed by atoms with Crippen LogP contribution in [0, 0.1) is 10.1 Å². The molecule has 0 spiro atoms. The Morgan fingerprint density at radius 2 is 1.90 bits per heavy atom. The number of benzene rings is 2. The number of nitrogens with zero attached hydrogens (tertiary/aromatic N) is 3. The van der Waals surface area contributed by atoms with Crippen LogP contribution in [0.25, 0.3) is 0 Å². The molecule has 0 bridgehead atoms. The second-order valence-corrected chi connectivity index (χ2v) is 9.25. The molecule has 4 rings (SSSR count). The molecule has 0 saturated carbocycles. The Hall–Kier alpha value is -2.69. The number of sulfonamides is 1. The third-order valence-corrected chi connectivity index (χ3v) is 7.37. The van der Waals surface area contributed by atoms with Crippen molar-refractivity contribution in [2.45, 2.75) is 17.9 Å². The molecule has 0 amide bonds. The average Bonchev–Trinajstić information content (AvgIpc) is 3.21. The topological polar surface area (TPSA) is 102 Å². The zero-order valence-electron chi connectivity index (χ0n) is 16.6. The number of ether oxygens (including phenoxy) is 2. The average molecular weight is 433 g/mol. The van der Waals surface area contributed by atoms with Gasteiger partial charge in [-0.3, -0.25) is 15.0 Å². The molecule has 2 heterocycles. The Balaban J connectivity index is 1.43. The minimum atomic E-state index is -3.82. The lowest BCUT2D eigenvalue weighted by atomic mass is 10.1. The zero-order valence-corrected chi connectivity index (χ0v) is 17.4. The summed E-state index contributed by atoms with van der Waals surface area (Å²) in [5, 5.41) is 11.2. The van der Waals surface area contributed by atoms with Crippen molar-refractivity contribution < 1.29 is 22.8 Å². The molecule has 0 atom stereocenters. The molecular formula is C20H23N3O6S. The van der Waals surface area contributed by atoms with Crippen LogP contribution in [0.15, 0.2) is 41.3 Å². The first-order valence-corrected chi connectivity index (χ1v) is 11.1. The van der Waals surface area contributed by atoms with Gasteiger partial charge < -0.3 is 9.47 Å². The van der Waals surface area contributed by atoms with Crippen LogP contribution in [0.4, 0.5) is 5.69 Å². The summed E-state index contributed by atoms with van der Waals surface area (Å²) < 4.78 is 37.8. The van der Waals surface area contributed by atoms with Crippen LogP contribution >= 0.6 is 0 Å². The lowest BCUT2D eigenvalue weighted by Crippen LogP contribution is -2.48. The van der Waals surface area contributed by atoms with Gasteiger partial charge in [0.25, 0.3) is 0 Å². The molecule has 2 aliphatic heterocycles. The van der Waals surface area contributed by atoms with Crippen molar-refractivity contribution in [1.29, 1.82) is 0 Å². The maximum absolute atomic E-state index is 13.0. The van der Waals surface area contributed by atoms with E-state index in [0.29, 0.717) is 26.2 Å². The fourth-order valence-corrected chi connectivity index (χ4v) is 5.29. The lowest BCUT2D eigenvalue weighted by molar-refractivity contribution is -0.386. The molecule has 30 heavy (non-hydrogen) atoms. The third-order valence-electron chi connectivity index (χ3n) is 5.48. The SMILES string of the molecule is COc1ccc(S(=O)(=O)N2CCN(Cc3ccc4c(c3)CCO4)CC2)cc1[N+](=O)[O-]. The van der Waals surface area contributed by atoms with Crippen molar-refractivity contribution in [1.82, 2.24) is 9.21 Å². The van der Waals surface area contributed by atoms with E-state index < -0.39 is 14.9 Å². The van der Waals surface area contributed by atoms with Gasteiger partial charge in [-0.15, -0.1) is 0 Å². The number of nitro groups is 1. The van der Waals surface area contributed by atoms with E-state index in [9.17, 15) is 18.5 Å². The van der Waals surface area contributed by atoms with Gasteiger partial charge in [-0.2, -0.15) is 4.31 Å². The molecule has 9 nitrogen and oxygen atoms in total. The van der Waals surface area contributed by atoms with Crippen molar-refractivity contribution in [3.8, 4) is 11.5 Å². The molecule has 10 heteroatoms. The Morgan fingerprint density at radius 3 is 2.60 bits per heavy atom. The Bertz CT molecular complexity index is 1060. The summed E-state index contributed by atoms with van der Waals surface area (Å²) in [7, 11) is -2.51.